The van der Waals surface area contributed by atoms with Crippen LogP contribution in [0.2, 0.25) is 0 Å². The fourth-order valence-corrected chi connectivity index (χ4v) is 2.74. The maximum atomic E-state index is 12.7. The molecule has 4 rings (SSSR count). The first-order chi connectivity index (χ1) is 11.3. The standard InChI is InChI=1S/C16H15N5O2/c22-16(11-1-2-12-13(7-11)20-10-19-12)21-5-6-23-15(9-21)14-8-17-3-4-18-14/h1-4,7-8,10,15H,5-6,9H2,(H,19,20). The van der Waals surface area contributed by atoms with Crippen LogP contribution in [-0.2, 0) is 4.74 Å². The van der Waals surface area contributed by atoms with Crippen LogP contribution in [0.4, 0.5) is 0 Å². The van der Waals surface area contributed by atoms with E-state index in [1.807, 2.05) is 12.1 Å². The number of aromatic nitrogens is 4. The van der Waals surface area contributed by atoms with Crippen molar-refractivity contribution in [3.63, 3.8) is 0 Å². The van der Waals surface area contributed by atoms with E-state index in [1.54, 1.807) is 35.9 Å². The predicted octanol–water partition coefficient (Wildman–Crippen LogP) is 1.57. The van der Waals surface area contributed by atoms with Gasteiger partial charge in [-0.2, -0.15) is 0 Å². The van der Waals surface area contributed by atoms with Crippen molar-refractivity contribution in [2.45, 2.75) is 6.10 Å². The van der Waals surface area contributed by atoms with Crippen molar-refractivity contribution >= 4 is 16.9 Å². The van der Waals surface area contributed by atoms with E-state index in [4.69, 9.17) is 4.74 Å². The van der Waals surface area contributed by atoms with E-state index in [2.05, 4.69) is 19.9 Å². The first kappa shape index (κ1) is 13.8. The van der Waals surface area contributed by atoms with Crippen molar-refractivity contribution in [2.75, 3.05) is 19.7 Å². The molecule has 1 aliphatic heterocycles. The predicted molar refractivity (Wildman–Crippen MR) is 82.7 cm³/mol. The van der Waals surface area contributed by atoms with Crippen LogP contribution < -0.4 is 0 Å². The van der Waals surface area contributed by atoms with Crippen LogP contribution in [0.1, 0.15) is 22.2 Å². The third-order valence-electron chi connectivity index (χ3n) is 3.93. The zero-order valence-corrected chi connectivity index (χ0v) is 12.3. The Balaban J connectivity index is 1.55. The number of imidazole rings is 1. The van der Waals surface area contributed by atoms with Gasteiger partial charge in [0.15, 0.2) is 0 Å². The minimum absolute atomic E-state index is 0.0151. The van der Waals surface area contributed by atoms with Gasteiger partial charge in [-0.25, -0.2) is 4.98 Å². The van der Waals surface area contributed by atoms with Crippen molar-refractivity contribution in [1.29, 1.82) is 0 Å². The lowest BCUT2D eigenvalue weighted by molar-refractivity contribution is -0.0248. The summed E-state index contributed by atoms with van der Waals surface area (Å²) < 4.78 is 5.73. The molecule has 1 aliphatic rings. The summed E-state index contributed by atoms with van der Waals surface area (Å²) in [5.41, 5.74) is 3.09. The number of fused-ring (bicyclic) bond motifs is 1. The minimum atomic E-state index is -0.239. The SMILES string of the molecule is O=C(c1ccc2nc[nH]c2c1)N1CCOC(c2cnccn2)C1. The van der Waals surface area contributed by atoms with E-state index in [9.17, 15) is 4.79 Å². The van der Waals surface area contributed by atoms with Crippen LogP contribution in [0.25, 0.3) is 11.0 Å². The zero-order chi connectivity index (χ0) is 15.6. The fourth-order valence-electron chi connectivity index (χ4n) is 2.74. The number of nitrogens with zero attached hydrogens (tertiary/aromatic N) is 4. The largest absolute Gasteiger partial charge is 0.368 e. The quantitative estimate of drug-likeness (QED) is 0.776. The van der Waals surface area contributed by atoms with Crippen molar-refractivity contribution in [3.8, 4) is 0 Å². The molecule has 1 atom stereocenters. The highest BCUT2D eigenvalue weighted by Crippen LogP contribution is 2.22. The lowest BCUT2D eigenvalue weighted by atomic mass is 10.1. The molecule has 7 heteroatoms. The van der Waals surface area contributed by atoms with Gasteiger partial charge in [-0.1, -0.05) is 0 Å². The second-order valence-corrected chi connectivity index (χ2v) is 5.38. The summed E-state index contributed by atoms with van der Waals surface area (Å²) in [5, 5.41) is 0. The Bertz CT molecular complexity index is 833. The summed E-state index contributed by atoms with van der Waals surface area (Å²) in [6.45, 7) is 1.52. The number of H-pyrrole nitrogens is 1. The average molecular weight is 309 g/mol. The molecule has 3 aromatic rings. The molecule has 1 unspecified atom stereocenters. The highest BCUT2D eigenvalue weighted by molar-refractivity contribution is 5.97. The van der Waals surface area contributed by atoms with E-state index < -0.39 is 0 Å². The number of benzene rings is 1. The first-order valence-electron chi connectivity index (χ1n) is 7.41. The summed E-state index contributed by atoms with van der Waals surface area (Å²) >= 11 is 0. The van der Waals surface area contributed by atoms with E-state index >= 15 is 0 Å². The zero-order valence-electron chi connectivity index (χ0n) is 12.3. The molecule has 0 radical (unpaired) electrons. The Kier molecular flexibility index (Phi) is 3.47. The van der Waals surface area contributed by atoms with Gasteiger partial charge in [0.2, 0.25) is 0 Å². The Hall–Kier alpha value is -2.80. The molecule has 1 aromatic carbocycles. The number of carbonyl (C=O) groups is 1. The lowest BCUT2D eigenvalue weighted by Crippen LogP contribution is -2.42. The molecule has 3 heterocycles. The fraction of sp³-hybridized carbons (Fsp3) is 0.250. The van der Waals surface area contributed by atoms with Crippen LogP contribution in [0.15, 0.2) is 43.1 Å². The smallest absolute Gasteiger partial charge is 0.254 e. The van der Waals surface area contributed by atoms with Gasteiger partial charge in [-0.3, -0.25) is 14.8 Å². The van der Waals surface area contributed by atoms with Gasteiger partial charge in [-0.15, -0.1) is 0 Å². The molecule has 0 aliphatic carbocycles. The Morgan fingerprint density at radius 2 is 2.26 bits per heavy atom. The van der Waals surface area contributed by atoms with Gasteiger partial charge in [0.1, 0.15) is 6.10 Å². The Labute approximate surface area is 132 Å². The van der Waals surface area contributed by atoms with E-state index in [1.165, 1.54) is 0 Å². The molecule has 1 fully saturated rings. The highest BCUT2D eigenvalue weighted by Gasteiger charge is 2.27. The molecule has 0 saturated carbocycles. The summed E-state index contributed by atoms with van der Waals surface area (Å²) in [5.74, 6) is -0.0151. The molecule has 0 bridgehead atoms. The highest BCUT2D eigenvalue weighted by atomic mass is 16.5. The van der Waals surface area contributed by atoms with Gasteiger partial charge >= 0.3 is 0 Å². The average Bonchev–Trinajstić information content (AvgIpc) is 3.09. The van der Waals surface area contributed by atoms with E-state index in [0.29, 0.717) is 25.3 Å². The van der Waals surface area contributed by atoms with Crippen LogP contribution in [0.3, 0.4) is 0 Å². The second kappa shape index (κ2) is 5.77. The first-order valence-corrected chi connectivity index (χ1v) is 7.41. The monoisotopic (exact) mass is 309 g/mol. The van der Waals surface area contributed by atoms with Gasteiger partial charge in [0.05, 0.1) is 42.4 Å². The molecule has 23 heavy (non-hydrogen) atoms. The number of rotatable bonds is 2. The number of carbonyl (C=O) groups excluding carboxylic acids is 1. The van der Waals surface area contributed by atoms with Crippen LogP contribution in [0, 0.1) is 0 Å². The van der Waals surface area contributed by atoms with Crippen molar-refractivity contribution < 1.29 is 9.53 Å². The Morgan fingerprint density at radius 3 is 3.13 bits per heavy atom. The summed E-state index contributed by atoms with van der Waals surface area (Å²) in [4.78, 5) is 30.1. The topological polar surface area (TPSA) is 84.0 Å². The van der Waals surface area contributed by atoms with Crippen LogP contribution in [0.5, 0.6) is 0 Å². The van der Waals surface area contributed by atoms with Gasteiger partial charge in [0.25, 0.3) is 5.91 Å². The molecule has 1 saturated heterocycles. The molecular weight excluding hydrogens is 294 g/mol. The minimum Gasteiger partial charge on any atom is -0.368 e. The van der Waals surface area contributed by atoms with Crippen molar-refractivity contribution in [1.82, 2.24) is 24.8 Å². The van der Waals surface area contributed by atoms with Gasteiger partial charge < -0.3 is 14.6 Å². The maximum absolute atomic E-state index is 12.7. The Morgan fingerprint density at radius 1 is 1.30 bits per heavy atom. The molecule has 0 spiro atoms. The van der Waals surface area contributed by atoms with E-state index in [-0.39, 0.29) is 12.0 Å². The van der Waals surface area contributed by atoms with Crippen molar-refractivity contribution in [2.24, 2.45) is 0 Å². The second-order valence-electron chi connectivity index (χ2n) is 5.38. The molecular formula is C16H15N5O2. The van der Waals surface area contributed by atoms with Crippen LogP contribution in [-0.4, -0.2) is 50.4 Å². The van der Waals surface area contributed by atoms with Crippen molar-refractivity contribution in [3.05, 3.63) is 54.4 Å². The molecule has 1 amide bonds. The number of ether oxygens (including phenoxy) is 1. The third-order valence-corrected chi connectivity index (χ3v) is 3.93. The number of aromatic amines is 1. The normalized spacial score (nSPS) is 18.3. The third kappa shape index (κ3) is 2.66. The molecule has 7 nitrogen and oxygen atoms in total. The van der Waals surface area contributed by atoms with E-state index in [0.717, 1.165) is 16.7 Å². The molecule has 2 aromatic heterocycles. The summed E-state index contributed by atoms with van der Waals surface area (Å²) in [7, 11) is 0. The van der Waals surface area contributed by atoms with Gasteiger partial charge in [-0.05, 0) is 18.2 Å². The number of nitrogens with one attached hydrogen (secondary N) is 1. The number of hydrogen-bond donors (Lipinski definition) is 1. The maximum Gasteiger partial charge on any atom is 0.254 e. The molecule has 1 N–H and O–H groups in total. The lowest BCUT2D eigenvalue weighted by Gasteiger charge is -2.32. The number of amides is 1. The molecule has 116 valence electrons. The number of morpholine rings is 1. The summed E-state index contributed by atoms with van der Waals surface area (Å²) in [6, 6.07) is 5.48. The van der Waals surface area contributed by atoms with Crippen LogP contribution >= 0.6 is 0 Å². The van der Waals surface area contributed by atoms with Gasteiger partial charge in [0, 0.05) is 24.5 Å². The number of hydrogen-bond acceptors (Lipinski definition) is 5. The summed E-state index contributed by atoms with van der Waals surface area (Å²) in [6.07, 6.45) is 6.31.